The van der Waals surface area contributed by atoms with Crippen LogP contribution in [0.15, 0.2) is 6.20 Å². The van der Waals surface area contributed by atoms with Gasteiger partial charge in [0, 0.05) is 20.6 Å². The van der Waals surface area contributed by atoms with Gasteiger partial charge in [0.1, 0.15) is 11.4 Å². The van der Waals surface area contributed by atoms with Gasteiger partial charge >= 0.3 is 0 Å². The van der Waals surface area contributed by atoms with E-state index in [1.165, 1.54) is 15.8 Å². The predicted molar refractivity (Wildman–Crippen MR) is 67.9 cm³/mol. The lowest BCUT2D eigenvalue weighted by Gasteiger charge is -2.16. The van der Waals surface area contributed by atoms with Crippen LogP contribution < -0.4 is 11.1 Å². The third-order valence-electron chi connectivity index (χ3n) is 2.51. The van der Waals surface area contributed by atoms with E-state index in [1.807, 2.05) is 6.92 Å². The van der Waals surface area contributed by atoms with E-state index in [1.54, 1.807) is 14.1 Å². The molecule has 0 atom stereocenters. The fraction of sp³-hybridized carbons (Fsp3) is 0.545. The van der Waals surface area contributed by atoms with Gasteiger partial charge in [-0.1, -0.05) is 6.92 Å². The van der Waals surface area contributed by atoms with Crippen molar-refractivity contribution in [1.82, 2.24) is 20.0 Å². The number of nitrogens with two attached hydrogens (primary N) is 1. The summed E-state index contributed by atoms with van der Waals surface area (Å²) in [4.78, 5) is 24.8. The average molecular weight is 253 g/mol. The fourth-order valence-electron chi connectivity index (χ4n) is 1.42. The summed E-state index contributed by atoms with van der Waals surface area (Å²) in [5.41, 5.74) is 6.01. The number of aromatic nitrogens is 2. The third-order valence-corrected chi connectivity index (χ3v) is 2.51. The van der Waals surface area contributed by atoms with Crippen LogP contribution >= 0.6 is 0 Å². The molecule has 1 rings (SSSR count). The maximum absolute atomic E-state index is 12.0. The molecule has 100 valence electrons. The van der Waals surface area contributed by atoms with E-state index < -0.39 is 0 Å². The van der Waals surface area contributed by atoms with E-state index in [0.717, 1.165) is 6.42 Å². The molecule has 0 unspecified atom stereocenters. The number of hydrogen-bond donors (Lipinski definition) is 2. The van der Waals surface area contributed by atoms with E-state index in [-0.39, 0.29) is 18.4 Å². The molecule has 1 aromatic heterocycles. The Kier molecular flexibility index (Phi) is 4.70. The predicted octanol–water partition coefficient (Wildman–Crippen LogP) is -0.399. The largest absolute Gasteiger partial charge is 0.383 e. The Bertz CT molecular complexity index is 441. The van der Waals surface area contributed by atoms with Crippen LogP contribution in [0.3, 0.4) is 0 Å². The molecule has 7 nitrogen and oxygen atoms in total. The first-order valence-electron chi connectivity index (χ1n) is 5.77. The zero-order valence-electron chi connectivity index (χ0n) is 10.9. The molecule has 0 aliphatic heterocycles. The molecule has 0 aromatic carbocycles. The van der Waals surface area contributed by atoms with Gasteiger partial charge < -0.3 is 16.0 Å². The third kappa shape index (κ3) is 3.22. The molecule has 1 aromatic rings. The first kappa shape index (κ1) is 14.0. The second-order valence-corrected chi connectivity index (χ2v) is 4.08. The molecule has 2 amide bonds. The molecule has 1 heterocycles. The molecule has 7 heteroatoms. The number of amides is 2. The van der Waals surface area contributed by atoms with Crippen molar-refractivity contribution in [3.8, 4) is 0 Å². The second kappa shape index (κ2) is 6.04. The van der Waals surface area contributed by atoms with Gasteiger partial charge in [-0.05, 0) is 6.42 Å². The zero-order valence-corrected chi connectivity index (χ0v) is 10.9. The van der Waals surface area contributed by atoms with Crippen molar-refractivity contribution in [2.75, 3.05) is 25.9 Å². The summed E-state index contributed by atoms with van der Waals surface area (Å²) in [6.07, 6.45) is 2.26. The SMILES string of the molecule is CCCNC(=O)CN(C)C(=O)c1cnn(C)c1N. The lowest BCUT2D eigenvalue weighted by molar-refractivity contribution is -0.121. The highest BCUT2D eigenvalue weighted by Crippen LogP contribution is 2.11. The van der Waals surface area contributed by atoms with Crippen molar-refractivity contribution in [2.45, 2.75) is 13.3 Å². The van der Waals surface area contributed by atoms with Crippen LogP contribution in [0.25, 0.3) is 0 Å². The normalized spacial score (nSPS) is 10.2. The average Bonchev–Trinajstić information content (AvgIpc) is 2.66. The number of nitrogens with one attached hydrogen (secondary N) is 1. The Morgan fingerprint density at radius 3 is 2.72 bits per heavy atom. The van der Waals surface area contributed by atoms with Gasteiger partial charge in [0.2, 0.25) is 5.91 Å². The van der Waals surface area contributed by atoms with Crippen LogP contribution in [-0.2, 0) is 11.8 Å². The minimum absolute atomic E-state index is 0.00711. The number of aryl methyl sites for hydroxylation is 1. The summed E-state index contributed by atoms with van der Waals surface area (Å²) in [6, 6.07) is 0. The van der Waals surface area contributed by atoms with Crippen LogP contribution in [0, 0.1) is 0 Å². The summed E-state index contributed by atoms with van der Waals surface area (Å²) in [5.74, 6) is -0.205. The molecule has 0 aliphatic carbocycles. The van der Waals surface area contributed by atoms with Gasteiger partial charge in [-0.15, -0.1) is 0 Å². The summed E-state index contributed by atoms with van der Waals surface area (Å²) in [6.45, 7) is 2.58. The summed E-state index contributed by atoms with van der Waals surface area (Å²) < 4.78 is 1.41. The molecule has 3 N–H and O–H groups in total. The number of carbonyl (C=O) groups is 2. The maximum Gasteiger partial charge on any atom is 0.259 e. The maximum atomic E-state index is 12.0. The van der Waals surface area contributed by atoms with Gasteiger partial charge in [-0.25, -0.2) is 0 Å². The number of nitrogens with zero attached hydrogens (tertiary/aromatic N) is 3. The highest BCUT2D eigenvalue weighted by molar-refractivity contribution is 5.99. The Hall–Kier alpha value is -2.05. The first-order valence-corrected chi connectivity index (χ1v) is 5.77. The molecule has 0 fully saturated rings. The van der Waals surface area contributed by atoms with Crippen molar-refractivity contribution >= 4 is 17.6 Å². The molecular weight excluding hydrogens is 234 g/mol. The number of rotatable bonds is 5. The lowest BCUT2D eigenvalue weighted by atomic mass is 10.3. The smallest absolute Gasteiger partial charge is 0.259 e. The van der Waals surface area contributed by atoms with Crippen molar-refractivity contribution in [1.29, 1.82) is 0 Å². The molecule has 0 saturated carbocycles. The summed E-state index contributed by atoms with van der Waals surface area (Å²) >= 11 is 0. The zero-order chi connectivity index (χ0) is 13.7. The van der Waals surface area contributed by atoms with Crippen LogP contribution in [0.1, 0.15) is 23.7 Å². The number of carbonyl (C=O) groups excluding carboxylic acids is 2. The monoisotopic (exact) mass is 253 g/mol. The standard InChI is InChI=1S/C11H19N5O2/c1-4-5-13-9(17)7-15(2)11(18)8-6-14-16(3)10(8)12/h6H,4-5,7,12H2,1-3H3,(H,13,17). The Morgan fingerprint density at radius 2 is 2.22 bits per heavy atom. The van der Waals surface area contributed by atoms with Crippen LogP contribution in [0.5, 0.6) is 0 Å². The highest BCUT2D eigenvalue weighted by Gasteiger charge is 2.19. The van der Waals surface area contributed by atoms with Gasteiger partial charge in [-0.3, -0.25) is 14.3 Å². The molecule has 0 aliphatic rings. The van der Waals surface area contributed by atoms with Crippen molar-refractivity contribution in [2.24, 2.45) is 7.05 Å². The fourth-order valence-corrected chi connectivity index (χ4v) is 1.42. The first-order chi connectivity index (χ1) is 8.47. The lowest BCUT2D eigenvalue weighted by Crippen LogP contribution is -2.38. The molecular formula is C11H19N5O2. The number of likely N-dealkylation sites (N-methyl/N-ethyl adjacent to an activating group) is 1. The van der Waals surface area contributed by atoms with E-state index in [0.29, 0.717) is 17.9 Å². The molecule has 0 bridgehead atoms. The van der Waals surface area contributed by atoms with Gasteiger partial charge in [0.15, 0.2) is 0 Å². The number of nitrogen functional groups attached to an aromatic ring is 1. The van der Waals surface area contributed by atoms with E-state index in [9.17, 15) is 9.59 Å². The molecule has 0 spiro atoms. The van der Waals surface area contributed by atoms with Crippen LogP contribution in [0.2, 0.25) is 0 Å². The Balaban J connectivity index is 2.62. The Morgan fingerprint density at radius 1 is 1.56 bits per heavy atom. The van der Waals surface area contributed by atoms with Crippen LogP contribution in [0.4, 0.5) is 5.82 Å². The minimum Gasteiger partial charge on any atom is -0.383 e. The van der Waals surface area contributed by atoms with Gasteiger partial charge in [0.25, 0.3) is 5.91 Å². The molecule has 0 saturated heterocycles. The molecule has 18 heavy (non-hydrogen) atoms. The van der Waals surface area contributed by atoms with Crippen LogP contribution in [-0.4, -0.2) is 46.6 Å². The van der Waals surface area contributed by atoms with E-state index in [4.69, 9.17) is 5.73 Å². The van der Waals surface area contributed by atoms with E-state index >= 15 is 0 Å². The quantitative estimate of drug-likeness (QED) is 0.746. The number of anilines is 1. The Labute approximate surface area is 106 Å². The van der Waals surface area contributed by atoms with Gasteiger partial charge in [-0.2, -0.15) is 5.10 Å². The van der Waals surface area contributed by atoms with Crippen molar-refractivity contribution in [3.05, 3.63) is 11.8 Å². The summed E-state index contributed by atoms with van der Waals surface area (Å²) in [7, 11) is 3.21. The number of hydrogen-bond acceptors (Lipinski definition) is 4. The van der Waals surface area contributed by atoms with Gasteiger partial charge in [0.05, 0.1) is 12.7 Å². The van der Waals surface area contributed by atoms with E-state index in [2.05, 4.69) is 10.4 Å². The van der Waals surface area contributed by atoms with Crippen molar-refractivity contribution < 1.29 is 9.59 Å². The minimum atomic E-state index is -0.313. The second-order valence-electron chi connectivity index (χ2n) is 4.08. The molecule has 0 radical (unpaired) electrons. The topological polar surface area (TPSA) is 93.2 Å². The summed E-state index contributed by atoms with van der Waals surface area (Å²) in [5, 5.41) is 6.60. The van der Waals surface area contributed by atoms with Crippen molar-refractivity contribution in [3.63, 3.8) is 0 Å². The highest BCUT2D eigenvalue weighted by atomic mass is 16.2.